The molecule has 0 bridgehead atoms. The van der Waals surface area contributed by atoms with Gasteiger partial charge in [0, 0.05) is 32.2 Å². The fraction of sp³-hybridized carbons (Fsp3) is 0.625. The molecule has 0 radical (unpaired) electrons. The second kappa shape index (κ2) is 7.04. The van der Waals surface area contributed by atoms with Gasteiger partial charge in [0.1, 0.15) is 5.82 Å². The van der Waals surface area contributed by atoms with E-state index in [9.17, 15) is 4.39 Å². The van der Waals surface area contributed by atoms with Crippen LogP contribution in [-0.4, -0.2) is 39.9 Å². The summed E-state index contributed by atoms with van der Waals surface area (Å²) in [7, 11) is 1.96. The molecular weight excluding hydrogens is 255 g/mol. The molecule has 1 aromatic carbocycles. The van der Waals surface area contributed by atoms with Crippen LogP contribution < -0.4 is 10.2 Å². The molecule has 0 spiro atoms. The van der Waals surface area contributed by atoms with Crippen molar-refractivity contribution < 1.29 is 9.13 Å². The van der Waals surface area contributed by atoms with Crippen LogP contribution in [0.2, 0.25) is 0 Å². The first kappa shape index (κ1) is 15.3. The zero-order valence-electron chi connectivity index (χ0n) is 12.5. The van der Waals surface area contributed by atoms with Gasteiger partial charge in [-0.25, -0.2) is 4.39 Å². The Morgan fingerprint density at radius 3 is 2.85 bits per heavy atom. The normalized spacial score (nSPS) is 22.1. The number of nitrogens with one attached hydrogen (secondary N) is 1. The first-order valence-electron chi connectivity index (χ1n) is 7.41. The molecule has 112 valence electrons. The van der Waals surface area contributed by atoms with E-state index in [-0.39, 0.29) is 11.2 Å². The summed E-state index contributed by atoms with van der Waals surface area (Å²) in [5.74, 6) is -0.161. The Morgan fingerprint density at radius 2 is 2.20 bits per heavy atom. The van der Waals surface area contributed by atoms with Gasteiger partial charge in [0.2, 0.25) is 0 Å². The van der Waals surface area contributed by atoms with Crippen LogP contribution in [0, 0.1) is 11.2 Å². The van der Waals surface area contributed by atoms with Gasteiger partial charge in [-0.2, -0.15) is 0 Å². The molecule has 1 unspecified atom stereocenters. The summed E-state index contributed by atoms with van der Waals surface area (Å²) in [5.41, 5.74) is 0.751. The maximum atomic E-state index is 13.9. The monoisotopic (exact) mass is 280 g/mol. The van der Waals surface area contributed by atoms with Gasteiger partial charge in [0.05, 0.1) is 12.3 Å². The van der Waals surface area contributed by atoms with Crippen molar-refractivity contribution >= 4 is 5.69 Å². The minimum Gasteiger partial charge on any atom is -0.381 e. The molecule has 0 aliphatic carbocycles. The van der Waals surface area contributed by atoms with Gasteiger partial charge in [0.25, 0.3) is 0 Å². The van der Waals surface area contributed by atoms with Crippen molar-refractivity contribution in [2.45, 2.75) is 19.8 Å². The van der Waals surface area contributed by atoms with Crippen molar-refractivity contribution in [3.63, 3.8) is 0 Å². The van der Waals surface area contributed by atoms with Crippen molar-refractivity contribution in [2.75, 3.05) is 44.8 Å². The molecule has 3 nitrogen and oxygen atoms in total. The Balaban J connectivity index is 2.02. The maximum Gasteiger partial charge on any atom is 0.146 e. The number of nitrogens with zero attached hydrogens (tertiary/aromatic N) is 1. The van der Waals surface area contributed by atoms with E-state index in [4.69, 9.17) is 4.74 Å². The number of hydrogen-bond donors (Lipinski definition) is 1. The Kier molecular flexibility index (Phi) is 5.38. The summed E-state index contributed by atoms with van der Waals surface area (Å²) < 4.78 is 19.5. The van der Waals surface area contributed by atoms with Gasteiger partial charge in [-0.1, -0.05) is 19.1 Å². The van der Waals surface area contributed by atoms with Crippen LogP contribution in [0.15, 0.2) is 24.3 Å². The molecule has 1 N–H and O–H groups in total. The first-order valence-corrected chi connectivity index (χ1v) is 7.41. The van der Waals surface area contributed by atoms with E-state index in [2.05, 4.69) is 12.2 Å². The summed E-state index contributed by atoms with van der Waals surface area (Å²) in [4.78, 5) is 2.01. The number of halogens is 1. The van der Waals surface area contributed by atoms with Gasteiger partial charge in [-0.15, -0.1) is 0 Å². The Hall–Kier alpha value is -1.13. The molecule has 0 saturated carbocycles. The highest BCUT2D eigenvalue weighted by Crippen LogP contribution is 2.31. The van der Waals surface area contributed by atoms with Crippen molar-refractivity contribution in [3.8, 4) is 0 Å². The fourth-order valence-corrected chi connectivity index (χ4v) is 2.85. The topological polar surface area (TPSA) is 24.5 Å². The van der Waals surface area contributed by atoms with Crippen LogP contribution in [-0.2, 0) is 4.74 Å². The van der Waals surface area contributed by atoms with Gasteiger partial charge in [0.15, 0.2) is 0 Å². The zero-order chi connectivity index (χ0) is 14.4. The number of rotatable bonds is 7. The maximum absolute atomic E-state index is 13.9. The van der Waals surface area contributed by atoms with E-state index >= 15 is 0 Å². The summed E-state index contributed by atoms with van der Waals surface area (Å²) in [6, 6.07) is 6.95. The van der Waals surface area contributed by atoms with E-state index in [0.29, 0.717) is 5.69 Å². The summed E-state index contributed by atoms with van der Waals surface area (Å²) in [6.45, 7) is 6.48. The number of anilines is 1. The Bertz CT molecular complexity index is 419. The van der Waals surface area contributed by atoms with Crippen LogP contribution in [0.5, 0.6) is 0 Å². The highest BCUT2D eigenvalue weighted by atomic mass is 19.1. The van der Waals surface area contributed by atoms with E-state index in [0.717, 1.165) is 45.7 Å². The molecule has 1 aliphatic rings. The third kappa shape index (κ3) is 3.70. The number of para-hydroxylation sites is 1. The average Bonchev–Trinajstić information content (AvgIpc) is 2.88. The zero-order valence-corrected chi connectivity index (χ0v) is 12.5. The molecule has 1 aromatic rings. The lowest BCUT2D eigenvalue weighted by atomic mass is 9.86. The molecular formula is C16H25FN2O. The molecule has 1 fully saturated rings. The summed E-state index contributed by atoms with van der Waals surface area (Å²) in [6.07, 6.45) is 2.16. The highest BCUT2D eigenvalue weighted by Gasteiger charge is 2.36. The first-order chi connectivity index (χ1) is 9.67. The molecule has 0 amide bonds. The standard InChI is InChI=1S/C16H25FN2O/c1-3-9-18-11-16(8-10-20-13-16)12-19(2)15-7-5-4-6-14(15)17/h4-7,18H,3,8-13H2,1-2H3. The summed E-state index contributed by atoms with van der Waals surface area (Å²) >= 11 is 0. The quantitative estimate of drug-likeness (QED) is 0.777. The Labute approximate surface area is 121 Å². The predicted octanol–water partition coefficient (Wildman–Crippen LogP) is 2.67. The van der Waals surface area contributed by atoms with Crippen LogP contribution >= 0.6 is 0 Å². The van der Waals surface area contributed by atoms with Crippen molar-refractivity contribution in [2.24, 2.45) is 5.41 Å². The van der Waals surface area contributed by atoms with E-state index < -0.39 is 0 Å². The lowest BCUT2D eigenvalue weighted by Crippen LogP contribution is -2.44. The number of ether oxygens (including phenoxy) is 1. The molecule has 1 aliphatic heterocycles. The molecule has 20 heavy (non-hydrogen) atoms. The summed E-state index contributed by atoms with van der Waals surface area (Å²) in [5, 5.41) is 3.49. The van der Waals surface area contributed by atoms with E-state index in [1.165, 1.54) is 6.07 Å². The van der Waals surface area contributed by atoms with Gasteiger partial charge < -0.3 is 15.0 Å². The third-order valence-electron chi connectivity index (χ3n) is 3.95. The lowest BCUT2D eigenvalue weighted by Gasteiger charge is -2.33. The second-order valence-electron chi connectivity index (χ2n) is 5.79. The second-order valence-corrected chi connectivity index (χ2v) is 5.79. The van der Waals surface area contributed by atoms with Crippen LogP contribution in [0.1, 0.15) is 19.8 Å². The smallest absolute Gasteiger partial charge is 0.146 e. The van der Waals surface area contributed by atoms with E-state index in [1.807, 2.05) is 24.1 Å². The molecule has 4 heteroatoms. The lowest BCUT2D eigenvalue weighted by molar-refractivity contribution is 0.152. The minimum absolute atomic E-state index is 0.0895. The van der Waals surface area contributed by atoms with Gasteiger partial charge in [-0.3, -0.25) is 0 Å². The molecule has 0 aromatic heterocycles. The predicted molar refractivity (Wildman–Crippen MR) is 80.7 cm³/mol. The largest absolute Gasteiger partial charge is 0.381 e. The average molecular weight is 280 g/mol. The molecule has 1 atom stereocenters. The van der Waals surface area contributed by atoms with Crippen molar-refractivity contribution in [1.82, 2.24) is 5.32 Å². The SMILES string of the molecule is CCCNCC1(CN(C)c2ccccc2F)CCOC1. The van der Waals surface area contributed by atoms with Crippen molar-refractivity contribution in [3.05, 3.63) is 30.1 Å². The number of benzene rings is 1. The van der Waals surface area contributed by atoms with Crippen LogP contribution in [0.25, 0.3) is 0 Å². The Morgan fingerprint density at radius 1 is 1.40 bits per heavy atom. The fourth-order valence-electron chi connectivity index (χ4n) is 2.85. The van der Waals surface area contributed by atoms with E-state index in [1.54, 1.807) is 6.07 Å². The molecule has 1 saturated heterocycles. The van der Waals surface area contributed by atoms with Crippen molar-refractivity contribution in [1.29, 1.82) is 0 Å². The minimum atomic E-state index is -0.161. The third-order valence-corrected chi connectivity index (χ3v) is 3.95. The van der Waals surface area contributed by atoms with Crippen LogP contribution in [0.4, 0.5) is 10.1 Å². The number of hydrogen-bond acceptors (Lipinski definition) is 3. The molecule has 1 heterocycles. The van der Waals surface area contributed by atoms with Gasteiger partial charge >= 0.3 is 0 Å². The highest BCUT2D eigenvalue weighted by molar-refractivity contribution is 5.47. The van der Waals surface area contributed by atoms with Crippen LogP contribution in [0.3, 0.4) is 0 Å². The molecule has 2 rings (SSSR count). The van der Waals surface area contributed by atoms with Gasteiger partial charge in [-0.05, 0) is 31.5 Å².